The van der Waals surface area contributed by atoms with E-state index in [-0.39, 0.29) is 24.8 Å². The van der Waals surface area contributed by atoms with Crippen molar-refractivity contribution >= 4 is 17.5 Å². The summed E-state index contributed by atoms with van der Waals surface area (Å²) in [6, 6.07) is 0. The molecular formula is C17H30ClNO3. The summed E-state index contributed by atoms with van der Waals surface area (Å²) in [5, 5.41) is 12.9. The van der Waals surface area contributed by atoms with Crippen LogP contribution in [0.1, 0.15) is 36.7 Å². The van der Waals surface area contributed by atoms with E-state index in [1.54, 1.807) is 0 Å². The zero-order chi connectivity index (χ0) is 19.7. The molecule has 3 unspecified atom stereocenters. The number of halogens is 1. The molecule has 2 fully saturated rings. The van der Waals surface area contributed by atoms with Gasteiger partial charge >= 0.3 is 0 Å². The highest BCUT2D eigenvalue weighted by molar-refractivity contribution is 6.15. The van der Waals surface area contributed by atoms with E-state index in [9.17, 15) is 9.90 Å². The Bertz CT molecular complexity index is 451. The second kappa shape index (κ2) is 8.90. The molecule has 0 aromatic rings. The van der Waals surface area contributed by atoms with Gasteiger partial charge in [0.15, 0.2) is 0 Å². The molecule has 3 rings (SSSR count). The Morgan fingerprint density at radius 3 is 2.50 bits per heavy atom. The number of aliphatic hydroxyl groups is 2. The summed E-state index contributed by atoms with van der Waals surface area (Å²) < 4.78 is 25.3. The molecule has 2 N–H and O–H groups in total. The van der Waals surface area contributed by atoms with Gasteiger partial charge in [-0.2, -0.15) is 0 Å². The molecule has 5 heteroatoms. The molecule has 2 aliphatic carbocycles. The Morgan fingerprint density at radius 1 is 1.45 bits per heavy atom. The number of piperidine rings is 1. The van der Waals surface area contributed by atoms with Crippen LogP contribution in [-0.2, 0) is 4.79 Å². The predicted octanol–water partition coefficient (Wildman–Crippen LogP) is 2.28. The van der Waals surface area contributed by atoms with Gasteiger partial charge in [-0.05, 0) is 42.9 Å². The summed E-state index contributed by atoms with van der Waals surface area (Å²) in [5.41, 5.74) is -0.259. The third kappa shape index (κ3) is 4.24. The van der Waals surface area contributed by atoms with Gasteiger partial charge in [-0.25, -0.2) is 0 Å². The summed E-state index contributed by atoms with van der Waals surface area (Å²) in [6.07, 6.45) is 7.03. The predicted molar refractivity (Wildman–Crippen MR) is 89.8 cm³/mol. The van der Waals surface area contributed by atoms with E-state index in [4.69, 9.17) is 5.54 Å². The lowest BCUT2D eigenvalue weighted by Crippen LogP contribution is -2.46. The maximum Gasteiger partial charge on any atom is 0.226 e. The van der Waals surface area contributed by atoms with Gasteiger partial charge in [-0.15, -0.1) is 11.6 Å². The minimum atomic E-state index is -1.19. The largest absolute Gasteiger partial charge is 0.400 e. The first-order chi connectivity index (χ1) is 12.3. The summed E-state index contributed by atoms with van der Waals surface area (Å²) in [7, 11) is 1.29. The van der Waals surface area contributed by atoms with Gasteiger partial charge in [-0.1, -0.05) is 19.1 Å². The van der Waals surface area contributed by atoms with Crippen molar-refractivity contribution in [3.8, 4) is 0 Å². The molecular weight excluding hydrogens is 302 g/mol. The number of aliphatic hydroxyl groups excluding tert-OH is 2. The number of fused-ring (bicyclic) bond motifs is 2. The van der Waals surface area contributed by atoms with Crippen LogP contribution in [-0.4, -0.2) is 55.6 Å². The number of nitrogens with zero attached hydrogens (tertiary/aromatic N) is 1. The van der Waals surface area contributed by atoms with Gasteiger partial charge in [0.25, 0.3) is 0 Å². The van der Waals surface area contributed by atoms with Crippen LogP contribution in [0.3, 0.4) is 0 Å². The fourth-order valence-corrected chi connectivity index (χ4v) is 3.66. The molecule has 22 heavy (non-hydrogen) atoms. The molecule has 1 saturated heterocycles. The van der Waals surface area contributed by atoms with Crippen LogP contribution in [0, 0.1) is 23.2 Å². The van der Waals surface area contributed by atoms with Gasteiger partial charge in [0.2, 0.25) is 7.34 Å². The molecule has 1 aliphatic heterocycles. The van der Waals surface area contributed by atoms with E-state index in [0.29, 0.717) is 17.7 Å². The minimum absolute atomic E-state index is 0.0788. The molecule has 4 nitrogen and oxygen atoms in total. The van der Waals surface area contributed by atoms with Crippen LogP contribution in [0.2, 0.25) is 0 Å². The third-order valence-electron chi connectivity index (χ3n) is 5.07. The normalized spacial score (nSPS) is 33.6. The van der Waals surface area contributed by atoms with Crippen molar-refractivity contribution in [2.24, 2.45) is 23.2 Å². The van der Waals surface area contributed by atoms with Gasteiger partial charge in [0.1, 0.15) is 0 Å². The van der Waals surface area contributed by atoms with E-state index in [1.807, 2.05) is 4.90 Å². The van der Waals surface area contributed by atoms with E-state index < -0.39 is 6.34 Å². The molecule has 3 aliphatic rings. The Kier molecular flexibility index (Phi) is 5.59. The highest BCUT2D eigenvalue weighted by Crippen LogP contribution is 2.44. The SMILES string of the molecule is [3H]C([3H])Cl.[3H]CC1(CO)CCN(C(=O)C2CC3C=CC2C3)CC1.[3H]OC. The average molecular weight is 340 g/mol. The van der Waals surface area contributed by atoms with Crippen molar-refractivity contribution in [1.29, 1.82) is 1.43 Å². The highest BCUT2D eigenvalue weighted by Gasteiger charge is 2.42. The van der Waals surface area contributed by atoms with Crippen LogP contribution in [0.5, 0.6) is 0 Å². The van der Waals surface area contributed by atoms with Gasteiger partial charge in [0, 0.05) is 43.2 Å². The van der Waals surface area contributed by atoms with Crippen molar-refractivity contribution in [2.75, 3.05) is 33.1 Å². The molecule has 2 bridgehead atoms. The number of alkyl halides is 1. The van der Waals surface area contributed by atoms with Gasteiger partial charge in [-0.3, -0.25) is 4.79 Å². The number of amides is 1. The lowest BCUT2D eigenvalue weighted by Gasteiger charge is -2.39. The summed E-state index contributed by atoms with van der Waals surface area (Å²) in [6.45, 7) is 1.78. The summed E-state index contributed by atoms with van der Waals surface area (Å²) in [4.78, 5) is 14.5. The maximum absolute atomic E-state index is 12.6. The quantitative estimate of drug-likeness (QED) is 0.599. The van der Waals surface area contributed by atoms with Crippen LogP contribution in [0.4, 0.5) is 0 Å². The van der Waals surface area contributed by atoms with E-state index in [1.165, 1.54) is 7.11 Å². The lowest BCUT2D eigenvalue weighted by atomic mass is 9.80. The first-order valence-corrected chi connectivity index (χ1v) is 8.11. The number of carbonyl (C=O) groups is 1. The molecule has 1 amide bonds. The van der Waals surface area contributed by atoms with E-state index in [0.717, 1.165) is 38.8 Å². The first-order valence-electron chi connectivity index (χ1n) is 9.94. The monoisotopic (exact) mass is 339 g/mol. The van der Waals surface area contributed by atoms with Crippen molar-refractivity contribution < 1.29 is 19.1 Å². The Morgan fingerprint density at radius 2 is 2.09 bits per heavy atom. The number of rotatable bonds is 2. The second-order valence-electron chi connectivity index (χ2n) is 6.37. The Hall–Kier alpha value is -0.580. The van der Waals surface area contributed by atoms with Crippen LogP contribution in [0.15, 0.2) is 12.2 Å². The van der Waals surface area contributed by atoms with Crippen LogP contribution < -0.4 is 0 Å². The average Bonchev–Trinajstić information content (AvgIpc) is 3.25. The van der Waals surface area contributed by atoms with Crippen molar-refractivity contribution in [3.63, 3.8) is 0 Å². The van der Waals surface area contributed by atoms with Crippen molar-refractivity contribution in [3.05, 3.63) is 12.2 Å². The van der Waals surface area contributed by atoms with Crippen molar-refractivity contribution in [2.45, 2.75) is 32.6 Å². The van der Waals surface area contributed by atoms with Crippen LogP contribution >= 0.6 is 11.6 Å². The molecule has 0 spiro atoms. The zero-order valence-electron chi connectivity index (χ0n) is 17.2. The molecule has 3 atom stereocenters. The smallest absolute Gasteiger partial charge is 0.226 e. The fraction of sp³-hybridized carbons (Fsp3) is 0.824. The van der Waals surface area contributed by atoms with Crippen molar-refractivity contribution in [1.82, 2.24) is 4.90 Å². The second-order valence-corrected chi connectivity index (χ2v) is 6.37. The number of likely N-dealkylation sites (tertiary alicyclic amines) is 1. The standard InChI is InChI=1S/C15H23NO2.CH3Cl.CH4O/c1-15(10-17)4-6-16(7-5-15)14(18)13-9-11-2-3-12(13)8-11;2*1-2/h2-3,11-13,17H,4-10H2,1H3;1H3;2H,1H3/i1T;1T2;2T. The Labute approximate surface area is 144 Å². The number of carbonyl (C=O) groups excluding carboxylic acids is 1. The summed E-state index contributed by atoms with van der Waals surface area (Å²) >= 11 is 4.61. The first kappa shape index (κ1) is 13.8. The fourth-order valence-electron chi connectivity index (χ4n) is 3.66. The molecule has 1 heterocycles. The molecule has 128 valence electrons. The van der Waals surface area contributed by atoms with Gasteiger partial charge < -0.3 is 15.1 Å². The molecule has 0 radical (unpaired) electrons. The highest BCUT2D eigenvalue weighted by atomic mass is 35.5. The van der Waals surface area contributed by atoms with Gasteiger partial charge in [0.05, 0.1) is 0 Å². The number of allylic oxidation sites excluding steroid dienone is 2. The van der Waals surface area contributed by atoms with Crippen LogP contribution in [0.25, 0.3) is 0 Å². The van der Waals surface area contributed by atoms with E-state index >= 15 is 0 Å². The minimum Gasteiger partial charge on any atom is -0.400 e. The zero-order valence-corrected chi connectivity index (χ0v) is 14.0. The third-order valence-corrected chi connectivity index (χ3v) is 5.07. The lowest BCUT2D eigenvalue weighted by molar-refractivity contribution is -0.139. The molecule has 1 saturated carbocycles. The topological polar surface area (TPSA) is 60.8 Å². The number of hydrogen-bond acceptors (Lipinski definition) is 3. The van der Waals surface area contributed by atoms with E-state index in [2.05, 4.69) is 28.9 Å². The Balaban J connectivity index is 0.000000419. The maximum atomic E-state index is 12.6. The molecule has 0 aromatic carbocycles. The molecule has 0 aromatic heterocycles. The number of hydrogen-bond donors (Lipinski definition) is 2. The summed E-state index contributed by atoms with van der Waals surface area (Å²) in [5.74, 6) is 1.62.